The number of halogens is 1. The van der Waals surface area contributed by atoms with Crippen LogP contribution in [0.5, 0.6) is 0 Å². The van der Waals surface area contributed by atoms with E-state index in [-0.39, 0.29) is 12.1 Å². The number of nitrogens with one attached hydrogen (secondary N) is 1. The fraction of sp³-hybridized carbons (Fsp3) is 0.176. The third kappa shape index (κ3) is 4.91. The maximum atomic E-state index is 12.0. The highest BCUT2D eigenvalue weighted by Crippen LogP contribution is 2.15. The number of hydrogen-bond acceptors (Lipinski definition) is 4. The average Bonchev–Trinajstić information content (AvgIpc) is 2.59. The lowest BCUT2D eigenvalue weighted by molar-refractivity contribution is -0.124. The number of esters is 1. The largest absolute Gasteiger partial charge is 0.452 e. The van der Waals surface area contributed by atoms with E-state index in [0.717, 1.165) is 5.56 Å². The second-order valence-electron chi connectivity index (χ2n) is 4.89. The molecule has 1 atom stereocenters. The molecule has 0 radical (unpaired) electrons. The van der Waals surface area contributed by atoms with E-state index in [1.165, 1.54) is 12.3 Å². The van der Waals surface area contributed by atoms with Gasteiger partial charge in [-0.05, 0) is 23.8 Å². The molecule has 1 N–H and O–H groups in total. The van der Waals surface area contributed by atoms with E-state index < -0.39 is 29.3 Å². The summed E-state index contributed by atoms with van der Waals surface area (Å²) in [7, 11) is -1.32. The molecule has 0 unspecified atom stereocenters. The first-order valence-electron chi connectivity index (χ1n) is 7.08. The van der Waals surface area contributed by atoms with Gasteiger partial charge in [-0.15, -0.1) is 0 Å². The minimum atomic E-state index is -1.32. The number of amides is 1. The first-order valence-corrected chi connectivity index (χ1v) is 9.02. The van der Waals surface area contributed by atoms with Crippen LogP contribution in [0.3, 0.4) is 0 Å². The van der Waals surface area contributed by atoms with Crippen molar-refractivity contribution in [1.82, 2.24) is 5.32 Å². The minimum absolute atomic E-state index is 0.192. The molecule has 5 nitrogen and oxygen atoms in total. The summed E-state index contributed by atoms with van der Waals surface area (Å²) in [4.78, 5) is 24.2. The van der Waals surface area contributed by atoms with Gasteiger partial charge in [0.05, 0.1) is 21.3 Å². The first-order chi connectivity index (χ1) is 11.5. The summed E-state index contributed by atoms with van der Waals surface area (Å²) in [5, 5.41) is 3.17. The Kier molecular flexibility index (Phi) is 6.52. The summed E-state index contributed by atoms with van der Waals surface area (Å²) in [5.41, 5.74) is 0.961. The molecule has 0 aliphatic rings. The Morgan fingerprint density at radius 2 is 1.79 bits per heavy atom. The highest BCUT2D eigenvalue weighted by Gasteiger charge is 2.16. The number of carbonyl (C=O) groups is 2. The van der Waals surface area contributed by atoms with Gasteiger partial charge in [-0.3, -0.25) is 9.00 Å². The molecule has 0 bridgehead atoms. The Labute approximate surface area is 147 Å². The Hall–Kier alpha value is -2.18. The van der Waals surface area contributed by atoms with Gasteiger partial charge >= 0.3 is 5.97 Å². The number of carbonyl (C=O) groups excluding carboxylic acids is 2. The van der Waals surface area contributed by atoms with E-state index in [1.807, 2.05) is 6.07 Å². The molecule has 0 heterocycles. The van der Waals surface area contributed by atoms with Gasteiger partial charge < -0.3 is 10.1 Å². The van der Waals surface area contributed by atoms with Crippen LogP contribution in [0.4, 0.5) is 0 Å². The van der Waals surface area contributed by atoms with Gasteiger partial charge in [0.2, 0.25) is 0 Å². The van der Waals surface area contributed by atoms with Crippen molar-refractivity contribution in [1.29, 1.82) is 0 Å². The summed E-state index contributed by atoms with van der Waals surface area (Å²) >= 11 is 6.00. The molecule has 0 spiro atoms. The maximum Gasteiger partial charge on any atom is 0.339 e. The van der Waals surface area contributed by atoms with Crippen molar-refractivity contribution in [3.63, 3.8) is 0 Å². The Morgan fingerprint density at radius 3 is 2.50 bits per heavy atom. The number of rotatable bonds is 6. The van der Waals surface area contributed by atoms with Crippen LogP contribution in [0.2, 0.25) is 5.02 Å². The van der Waals surface area contributed by atoms with E-state index in [4.69, 9.17) is 16.3 Å². The predicted octanol–water partition coefficient (Wildman–Crippen LogP) is 2.55. The molecule has 2 aromatic carbocycles. The van der Waals surface area contributed by atoms with Gasteiger partial charge in [-0.25, -0.2) is 4.79 Å². The fourth-order valence-corrected chi connectivity index (χ4v) is 2.92. The molecule has 24 heavy (non-hydrogen) atoms. The van der Waals surface area contributed by atoms with Crippen LogP contribution in [0.15, 0.2) is 53.4 Å². The molecule has 126 valence electrons. The van der Waals surface area contributed by atoms with Crippen LogP contribution < -0.4 is 5.32 Å². The SMILES string of the molecule is C[S@@](=O)c1ccccc1C(=O)OCC(=O)NCc1ccccc1Cl. The van der Waals surface area contributed by atoms with Crippen molar-refractivity contribution in [2.75, 3.05) is 12.9 Å². The van der Waals surface area contributed by atoms with Crippen molar-refractivity contribution in [2.45, 2.75) is 11.4 Å². The summed E-state index contributed by atoms with van der Waals surface area (Å²) in [6.07, 6.45) is 1.47. The average molecular weight is 366 g/mol. The summed E-state index contributed by atoms with van der Waals surface area (Å²) < 4.78 is 16.6. The van der Waals surface area contributed by atoms with Gasteiger partial charge in [0.25, 0.3) is 5.91 Å². The smallest absolute Gasteiger partial charge is 0.339 e. The van der Waals surface area contributed by atoms with E-state index in [1.54, 1.807) is 36.4 Å². The highest BCUT2D eigenvalue weighted by molar-refractivity contribution is 7.84. The molecule has 1 amide bonds. The van der Waals surface area contributed by atoms with Gasteiger partial charge in [-0.2, -0.15) is 0 Å². The molecule has 0 saturated carbocycles. The normalized spacial score (nSPS) is 11.6. The molecule has 0 fully saturated rings. The number of hydrogen-bond donors (Lipinski definition) is 1. The van der Waals surface area contributed by atoms with Crippen LogP contribution >= 0.6 is 11.6 Å². The number of benzene rings is 2. The molecule has 0 saturated heterocycles. The third-order valence-electron chi connectivity index (χ3n) is 3.18. The third-order valence-corrected chi connectivity index (χ3v) is 4.53. The highest BCUT2D eigenvalue weighted by atomic mass is 35.5. The van der Waals surface area contributed by atoms with Crippen LogP contribution in [0.1, 0.15) is 15.9 Å². The Morgan fingerprint density at radius 1 is 1.12 bits per heavy atom. The second kappa shape index (κ2) is 8.61. The molecular formula is C17H16ClNO4S. The number of ether oxygens (including phenoxy) is 1. The van der Waals surface area contributed by atoms with Crippen molar-refractivity contribution in [3.05, 3.63) is 64.7 Å². The zero-order valence-corrected chi connectivity index (χ0v) is 14.5. The van der Waals surface area contributed by atoms with Gasteiger partial charge in [0, 0.05) is 17.8 Å². The van der Waals surface area contributed by atoms with Crippen molar-refractivity contribution < 1.29 is 18.5 Å². The molecule has 0 aromatic heterocycles. The van der Waals surface area contributed by atoms with E-state index in [2.05, 4.69) is 5.32 Å². The predicted molar refractivity (Wildman–Crippen MR) is 92.4 cm³/mol. The van der Waals surface area contributed by atoms with Crippen LogP contribution in [0.25, 0.3) is 0 Å². The van der Waals surface area contributed by atoms with E-state index >= 15 is 0 Å². The Balaban J connectivity index is 1.89. The van der Waals surface area contributed by atoms with E-state index in [0.29, 0.717) is 9.92 Å². The van der Waals surface area contributed by atoms with E-state index in [9.17, 15) is 13.8 Å². The molecular weight excluding hydrogens is 350 g/mol. The summed E-state index contributed by atoms with van der Waals surface area (Å²) in [5.74, 6) is -1.13. The fourth-order valence-electron chi connectivity index (χ4n) is 1.98. The lowest BCUT2D eigenvalue weighted by atomic mass is 10.2. The van der Waals surface area contributed by atoms with Crippen LogP contribution in [-0.4, -0.2) is 28.9 Å². The molecule has 0 aliphatic carbocycles. The molecule has 2 rings (SSSR count). The van der Waals surface area contributed by atoms with Crippen molar-refractivity contribution in [3.8, 4) is 0 Å². The molecule has 7 heteroatoms. The van der Waals surface area contributed by atoms with Gasteiger partial charge in [0.15, 0.2) is 6.61 Å². The quantitative estimate of drug-likeness (QED) is 0.798. The van der Waals surface area contributed by atoms with Crippen molar-refractivity contribution in [2.24, 2.45) is 0 Å². The Bertz CT molecular complexity index is 779. The van der Waals surface area contributed by atoms with Gasteiger partial charge in [-0.1, -0.05) is 41.9 Å². The lowest BCUT2D eigenvalue weighted by Gasteiger charge is -2.09. The minimum Gasteiger partial charge on any atom is -0.452 e. The standard InChI is InChI=1S/C17H16ClNO4S/c1-24(22)15-9-5-3-7-13(15)17(21)23-11-16(20)19-10-12-6-2-4-8-14(12)18/h2-9H,10-11H2,1H3,(H,19,20)/t24-/m1/s1. The van der Waals surface area contributed by atoms with Crippen LogP contribution in [0, 0.1) is 0 Å². The first kappa shape index (κ1) is 18.2. The monoisotopic (exact) mass is 365 g/mol. The molecule has 0 aliphatic heterocycles. The lowest BCUT2D eigenvalue weighted by Crippen LogP contribution is -2.28. The van der Waals surface area contributed by atoms with Gasteiger partial charge in [0.1, 0.15) is 0 Å². The van der Waals surface area contributed by atoms with Crippen LogP contribution in [-0.2, 0) is 26.9 Å². The topological polar surface area (TPSA) is 72.5 Å². The van der Waals surface area contributed by atoms with Crippen molar-refractivity contribution >= 4 is 34.3 Å². The zero-order chi connectivity index (χ0) is 17.5. The maximum absolute atomic E-state index is 12.0. The summed E-state index contributed by atoms with van der Waals surface area (Å²) in [6, 6.07) is 13.6. The zero-order valence-electron chi connectivity index (χ0n) is 13.0. The summed E-state index contributed by atoms with van der Waals surface area (Å²) in [6.45, 7) is -0.181. The second-order valence-corrected chi connectivity index (χ2v) is 6.65. The molecule has 2 aromatic rings.